The molecule has 0 saturated carbocycles. The van der Waals surface area contributed by atoms with Crippen LogP contribution in [-0.4, -0.2) is 12.9 Å². The number of ether oxygens (including phenoxy) is 1. The van der Waals surface area contributed by atoms with Crippen LogP contribution >= 0.6 is 15.9 Å². The van der Waals surface area contributed by atoms with Crippen LogP contribution in [0.15, 0.2) is 22.7 Å². The number of benzene rings is 1. The molecule has 0 N–H and O–H groups in total. The minimum absolute atomic E-state index is 0.649. The molecule has 0 radical (unpaired) electrons. The van der Waals surface area contributed by atoms with E-state index < -0.39 is 0 Å². The van der Waals surface area contributed by atoms with Gasteiger partial charge < -0.3 is 4.74 Å². The molecule has 0 saturated heterocycles. The molecule has 1 rings (SSSR count). The van der Waals surface area contributed by atoms with Crippen molar-refractivity contribution in [2.45, 2.75) is 13.3 Å². The van der Waals surface area contributed by atoms with Crippen molar-refractivity contribution in [2.75, 3.05) is 6.61 Å². The Balaban J connectivity index is 2.79. The Kier molecular flexibility index (Phi) is 3.96. The van der Waals surface area contributed by atoms with Gasteiger partial charge in [-0.2, -0.15) is 0 Å². The molecule has 0 bridgehead atoms. The number of hydrogen-bond acceptors (Lipinski definition) is 2. The van der Waals surface area contributed by atoms with E-state index >= 15 is 0 Å². The van der Waals surface area contributed by atoms with Crippen molar-refractivity contribution in [1.29, 1.82) is 0 Å². The normalized spacial score (nSPS) is 9.69. The summed E-state index contributed by atoms with van der Waals surface area (Å²) in [6, 6.07) is 5.28. The zero-order chi connectivity index (χ0) is 9.68. The highest BCUT2D eigenvalue weighted by molar-refractivity contribution is 9.10. The summed E-state index contributed by atoms with van der Waals surface area (Å²) in [4.78, 5) is 10.4. The number of carbonyl (C=O) groups is 1. The molecule has 3 heteroatoms. The van der Waals surface area contributed by atoms with Gasteiger partial charge >= 0.3 is 0 Å². The third kappa shape index (κ3) is 2.84. The van der Waals surface area contributed by atoms with Crippen LogP contribution in [0.5, 0.6) is 5.75 Å². The van der Waals surface area contributed by atoms with Gasteiger partial charge in [0.2, 0.25) is 0 Å². The molecule has 2 nitrogen and oxygen atoms in total. The van der Waals surface area contributed by atoms with Crippen molar-refractivity contribution in [3.05, 3.63) is 28.2 Å². The predicted molar refractivity (Wildman–Crippen MR) is 55.3 cm³/mol. The monoisotopic (exact) mass is 242 g/mol. The predicted octanol–water partition coefficient (Wildman–Crippen LogP) is 3.05. The van der Waals surface area contributed by atoms with E-state index in [-0.39, 0.29) is 0 Å². The molecular formula is C10H11BrO2. The summed E-state index contributed by atoms with van der Waals surface area (Å²) in [7, 11) is 0. The fourth-order valence-corrected chi connectivity index (χ4v) is 1.43. The van der Waals surface area contributed by atoms with Gasteiger partial charge in [-0.3, -0.25) is 4.79 Å². The van der Waals surface area contributed by atoms with Crippen LogP contribution in [0.1, 0.15) is 23.7 Å². The largest absolute Gasteiger partial charge is 0.492 e. The standard InChI is InChI=1S/C10H11BrO2/c1-2-5-13-10-4-3-8(7-12)6-9(10)11/h3-4,6-7H,2,5H2,1H3. The van der Waals surface area contributed by atoms with Gasteiger partial charge in [-0.25, -0.2) is 0 Å². The van der Waals surface area contributed by atoms with Gasteiger partial charge in [-0.05, 0) is 40.5 Å². The number of carbonyl (C=O) groups excluding carboxylic acids is 1. The van der Waals surface area contributed by atoms with Crippen molar-refractivity contribution in [3.63, 3.8) is 0 Å². The smallest absolute Gasteiger partial charge is 0.150 e. The van der Waals surface area contributed by atoms with Crippen molar-refractivity contribution >= 4 is 22.2 Å². The molecule has 0 heterocycles. The highest BCUT2D eigenvalue weighted by Gasteiger charge is 2.00. The van der Waals surface area contributed by atoms with Crippen molar-refractivity contribution in [3.8, 4) is 5.75 Å². The summed E-state index contributed by atoms with van der Waals surface area (Å²) < 4.78 is 6.25. The minimum Gasteiger partial charge on any atom is -0.492 e. The van der Waals surface area contributed by atoms with E-state index in [1.807, 2.05) is 6.92 Å². The summed E-state index contributed by atoms with van der Waals surface area (Å²) in [5, 5.41) is 0. The summed E-state index contributed by atoms with van der Waals surface area (Å²) in [5.74, 6) is 0.785. The maximum absolute atomic E-state index is 10.4. The number of halogens is 1. The quantitative estimate of drug-likeness (QED) is 0.759. The van der Waals surface area contributed by atoms with Crippen LogP contribution in [0, 0.1) is 0 Å². The van der Waals surface area contributed by atoms with E-state index in [0.717, 1.165) is 22.9 Å². The number of hydrogen-bond donors (Lipinski definition) is 0. The maximum Gasteiger partial charge on any atom is 0.150 e. The summed E-state index contributed by atoms with van der Waals surface area (Å²) in [6.07, 6.45) is 1.79. The summed E-state index contributed by atoms with van der Waals surface area (Å²) in [6.45, 7) is 2.74. The third-order valence-electron chi connectivity index (χ3n) is 1.55. The molecule has 1 aromatic carbocycles. The molecular weight excluding hydrogens is 232 g/mol. The van der Waals surface area contributed by atoms with E-state index in [4.69, 9.17) is 4.74 Å². The molecule has 0 spiro atoms. The van der Waals surface area contributed by atoms with E-state index in [9.17, 15) is 4.79 Å². The minimum atomic E-state index is 0.649. The Morgan fingerprint density at radius 2 is 2.31 bits per heavy atom. The van der Waals surface area contributed by atoms with E-state index in [0.29, 0.717) is 12.2 Å². The topological polar surface area (TPSA) is 26.3 Å². The van der Waals surface area contributed by atoms with Gasteiger partial charge in [-0.15, -0.1) is 0 Å². The maximum atomic E-state index is 10.4. The lowest BCUT2D eigenvalue weighted by Gasteiger charge is -2.06. The Hall–Kier alpha value is -0.830. The van der Waals surface area contributed by atoms with Crippen LogP contribution in [-0.2, 0) is 0 Å². The summed E-state index contributed by atoms with van der Waals surface area (Å²) in [5.41, 5.74) is 0.649. The Morgan fingerprint density at radius 3 is 2.85 bits per heavy atom. The number of rotatable bonds is 4. The first-order valence-electron chi connectivity index (χ1n) is 4.15. The van der Waals surface area contributed by atoms with Crippen molar-refractivity contribution in [1.82, 2.24) is 0 Å². The Bertz CT molecular complexity index is 297. The molecule has 70 valence electrons. The lowest BCUT2D eigenvalue weighted by molar-refractivity contribution is 0.112. The zero-order valence-electron chi connectivity index (χ0n) is 7.42. The number of aldehydes is 1. The van der Waals surface area contributed by atoms with Crippen LogP contribution < -0.4 is 4.74 Å². The van der Waals surface area contributed by atoms with Gasteiger partial charge in [0.15, 0.2) is 0 Å². The highest BCUT2D eigenvalue weighted by Crippen LogP contribution is 2.25. The van der Waals surface area contributed by atoms with Gasteiger partial charge in [-0.1, -0.05) is 6.92 Å². The molecule has 0 amide bonds. The third-order valence-corrected chi connectivity index (χ3v) is 2.17. The van der Waals surface area contributed by atoms with Crippen LogP contribution in [0.25, 0.3) is 0 Å². The first-order chi connectivity index (χ1) is 6.27. The molecule has 0 aliphatic rings. The fraction of sp³-hybridized carbons (Fsp3) is 0.300. The zero-order valence-corrected chi connectivity index (χ0v) is 9.00. The second kappa shape index (κ2) is 5.02. The molecule has 13 heavy (non-hydrogen) atoms. The highest BCUT2D eigenvalue weighted by atomic mass is 79.9. The first-order valence-corrected chi connectivity index (χ1v) is 4.94. The molecule has 0 fully saturated rings. The first kappa shape index (κ1) is 10.3. The lowest BCUT2D eigenvalue weighted by atomic mass is 10.2. The van der Waals surface area contributed by atoms with E-state index in [1.54, 1.807) is 18.2 Å². The second-order valence-corrected chi connectivity index (χ2v) is 3.51. The van der Waals surface area contributed by atoms with Crippen molar-refractivity contribution < 1.29 is 9.53 Å². The average Bonchev–Trinajstić information content (AvgIpc) is 2.16. The van der Waals surface area contributed by atoms with Gasteiger partial charge in [0.1, 0.15) is 12.0 Å². The molecule has 0 aromatic heterocycles. The molecule has 0 aliphatic heterocycles. The summed E-state index contributed by atoms with van der Waals surface area (Å²) >= 11 is 3.33. The fourth-order valence-electron chi connectivity index (χ4n) is 0.919. The SMILES string of the molecule is CCCOc1ccc(C=O)cc1Br. The average molecular weight is 243 g/mol. The van der Waals surface area contributed by atoms with Gasteiger partial charge in [0, 0.05) is 5.56 Å². The van der Waals surface area contributed by atoms with Crippen LogP contribution in [0.3, 0.4) is 0 Å². The Morgan fingerprint density at radius 1 is 1.54 bits per heavy atom. The van der Waals surface area contributed by atoms with Crippen LogP contribution in [0.4, 0.5) is 0 Å². The molecule has 0 atom stereocenters. The van der Waals surface area contributed by atoms with Crippen molar-refractivity contribution in [2.24, 2.45) is 0 Å². The Labute approximate surface area is 86.0 Å². The van der Waals surface area contributed by atoms with Gasteiger partial charge in [0.05, 0.1) is 11.1 Å². The lowest BCUT2D eigenvalue weighted by Crippen LogP contribution is -1.95. The molecule has 0 unspecified atom stereocenters. The second-order valence-electron chi connectivity index (χ2n) is 2.66. The van der Waals surface area contributed by atoms with E-state index in [2.05, 4.69) is 15.9 Å². The molecule has 1 aromatic rings. The van der Waals surface area contributed by atoms with E-state index in [1.165, 1.54) is 0 Å². The molecule has 0 aliphatic carbocycles. The van der Waals surface area contributed by atoms with Gasteiger partial charge in [0.25, 0.3) is 0 Å². The van der Waals surface area contributed by atoms with Crippen LogP contribution in [0.2, 0.25) is 0 Å².